The Kier molecular flexibility index (Phi) is 5.39. The summed E-state index contributed by atoms with van der Waals surface area (Å²) < 4.78 is 0. The Hall–Kier alpha value is -0.960. The zero-order valence-corrected chi connectivity index (χ0v) is 10.9. The SMILES string of the molecule is CCC(=O)N[C@@H](C)[C@H](C)Sc1ccccc1. The van der Waals surface area contributed by atoms with Gasteiger partial charge >= 0.3 is 0 Å². The molecule has 0 radical (unpaired) electrons. The molecule has 0 saturated heterocycles. The molecule has 1 amide bonds. The van der Waals surface area contributed by atoms with Crippen LogP contribution in [-0.4, -0.2) is 17.2 Å². The third-order valence-electron chi connectivity index (χ3n) is 2.48. The highest BCUT2D eigenvalue weighted by molar-refractivity contribution is 8.00. The first-order valence-electron chi connectivity index (χ1n) is 5.64. The van der Waals surface area contributed by atoms with Crippen molar-refractivity contribution in [3.63, 3.8) is 0 Å². The molecule has 0 aliphatic carbocycles. The minimum atomic E-state index is 0.119. The predicted octanol–water partition coefficient (Wildman–Crippen LogP) is 3.08. The fourth-order valence-electron chi connectivity index (χ4n) is 1.29. The summed E-state index contributed by atoms with van der Waals surface area (Å²) in [6.07, 6.45) is 0.549. The second-order valence-corrected chi connectivity index (χ2v) is 5.30. The summed E-state index contributed by atoms with van der Waals surface area (Å²) in [5.41, 5.74) is 0. The molecule has 16 heavy (non-hydrogen) atoms. The highest BCUT2D eigenvalue weighted by atomic mass is 32.2. The van der Waals surface area contributed by atoms with Crippen LogP contribution in [0.1, 0.15) is 27.2 Å². The van der Waals surface area contributed by atoms with Gasteiger partial charge in [0.05, 0.1) is 0 Å². The van der Waals surface area contributed by atoms with Crippen LogP contribution >= 0.6 is 11.8 Å². The minimum Gasteiger partial charge on any atom is -0.353 e. The van der Waals surface area contributed by atoms with Gasteiger partial charge in [-0.05, 0) is 19.1 Å². The van der Waals surface area contributed by atoms with Crippen molar-refractivity contribution >= 4 is 17.7 Å². The van der Waals surface area contributed by atoms with Crippen molar-refractivity contribution in [3.8, 4) is 0 Å². The molecule has 2 nitrogen and oxygen atoms in total. The van der Waals surface area contributed by atoms with Crippen LogP contribution < -0.4 is 5.32 Å². The molecule has 0 fully saturated rings. The average Bonchev–Trinajstić information content (AvgIpc) is 2.30. The summed E-state index contributed by atoms with van der Waals surface area (Å²) in [6, 6.07) is 10.5. The standard InChI is InChI=1S/C13H19NOS/c1-4-13(15)14-10(2)11(3)16-12-8-6-5-7-9-12/h5-11H,4H2,1-3H3,(H,14,15)/t10-,11-/m0/s1. The monoisotopic (exact) mass is 237 g/mol. The molecule has 0 saturated carbocycles. The number of nitrogens with one attached hydrogen (secondary N) is 1. The van der Waals surface area contributed by atoms with E-state index >= 15 is 0 Å². The molecule has 0 unspecified atom stereocenters. The zero-order valence-electron chi connectivity index (χ0n) is 10.1. The third-order valence-corrected chi connectivity index (χ3v) is 3.80. The Balaban J connectivity index is 2.46. The van der Waals surface area contributed by atoms with Gasteiger partial charge in [0.25, 0.3) is 0 Å². The van der Waals surface area contributed by atoms with E-state index in [-0.39, 0.29) is 11.9 Å². The van der Waals surface area contributed by atoms with Gasteiger partial charge in [-0.2, -0.15) is 0 Å². The van der Waals surface area contributed by atoms with Crippen LogP contribution in [0.3, 0.4) is 0 Å². The van der Waals surface area contributed by atoms with E-state index in [1.54, 1.807) is 11.8 Å². The van der Waals surface area contributed by atoms with Crippen molar-refractivity contribution in [1.29, 1.82) is 0 Å². The van der Waals surface area contributed by atoms with Crippen LogP contribution in [0.15, 0.2) is 35.2 Å². The summed E-state index contributed by atoms with van der Waals surface area (Å²) in [4.78, 5) is 12.5. The maximum absolute atomic E-state index is 11.3. The van der Waals surface area contributed by atoms with Crippen molar-refractivity contribution in [1.82, 2.24) is 5.32 Å². The molecule has 1 aromatic carbocycles. The van der Waals surface area contributed by atoms with Crippen molar-refractivity contribution in [2.75, 3.05) is 0 Å². The van der Waals surface area contributed by atoms with Gasteiger partial charge in [0.15, 0.2) is 0 Å². The van der Waals surface area contributed by atoms with Crippen molar-refractivity contribution in [3.05, 3.63) is 30.3 Å². The molecule has 1 rings (SSSR count). The van der Waals surface area contributed by atoms with Gasteiger partial charge in [-0.25, -0.2) is 0 Å². The molecular weight excluding hydrogens is 218 g/mol. The molecule has 88 valence electrons. The Labute approximate surface area is 102 Å². The van der Waals surface area contributed by atoms with Gasteiger partial charge in [-0.1, -0.05) is 32.0 Å². The number of hydrogen-bond acceptors (Lipinski definition) is 2. The molecule has 1 N–H and O–H groups in total. The van der Waals surface area contributed by atoms with E-state index in [1.807, 2.05) is 32.0 Å². The number of carbonyl (C=O) groups is 1. The van der Waals surface area contributed by atoms with Crippen LogP contribution in [-0.2, 0) is 4.79 Å². The first-order valence-corrected chi connectivity index (χ1v) is 6.52. The fourth-order valence-corrected chi connectivity index (χ4v) is 2.30. The van der Waals surface area contributed by atoms with E-state index in [2.05, 4.69) is 24.4 Å². The lowest BCUT2D eigenvalue weighted by Crippen LogP contribution is -2.38. The Bertz CT molecular complexity index is 326. The number of benzene rings is 1. The predicted molar refractivity (Wildman–Crippen MR) is 69.7 cm³/mol. The van der Waals surface area contributed by atoms with Crippen LogP contribution in [0, 0.1) is 0 Å². The zero-order chi connectivity index (χ0) is 12.0. The maximum Gasteiger partial charge on any atom is 0.219 e. The van der Waals surface area contributed by atoms with E-state index in [0.717, 1.165) is 0 Å². The molecule has 0 aliphatic heterocycles. The highest BCUT2D eigenvalue weighted by Gasteiger charge is 2.14. The fraction of sp³-hybridized carbons (Fsp3) is 0.462. The summed E-state index contributed by atoms with van der Waals surface area (Å²) in [7, 11) is 0. The quantitative estimate of drug-likeness (QED) is 0.797. The van der Waals surface area contributed by atoms with E-state index in [0.29, 0.717) is 11.7 Å². The molecule has 0 bridgehead atoms. The number of carbonyl (C=O) groups excluding carboxylic acids is 1. The summed E-state index contributed by atoms with van der Waals surface area (Å²) in [5, 5.41) is 3.36. The maximum atomic E-state index is 11.3. The second-order valence-electron chi connectivity index (χ2n) is 3.85. The largest absolute Gasteiger partial charge is 0.353 e. The molecular formula is C13H19NOS. The summed E-state index contributed by atoms with van der Waals surface area (Å²) >= 11 is 1.79. The van der Waals surface area contributed by atoms with E-state index in [9.17, 15) is 4.79 Å². The summed E-state index contributed by atoms with van der Waals surface area (Å²) in [6.45, 7) is 6.06. The molecule has 1 aromatic rings. The van der Waals surface area contributed by atoms with E-state index in [4.69, 9.17) is 0 Å². The van der Waals surface area contributed by atoms with Crippen molar-refractivity contribution in [2.24, 2.45) is 0 Å². The Morgan fingerprint density at radius 3 is 2.50 bits per heavy atom. The van der Waals surface area contributed by atoms with Crippen LogP contribution in [0.4, 0.5) is 0 Å². The van der Waals surface area contributed by atoms with Gasteiger partial charge in [0.1, 0.15) is 0 Å². The van der Waals surface area contributed by atoms with E-state index < -0.39 is 0 Å². The molecule has 0 aromatic heterocycles. The normalized spacial score (nSPS) is 14.2. The minimum absolute atomic E-state index is 0.119. The van der Waals surface area contributed by atoms with Gasteiger partial charge in [0.2, 0.25) is 5.91 Å². The van der Waals surface area contributed by atoms with Gasteiger partial charge in [-0.15, -0.1) is 11.8 Å². The topological polar surface area (TPSA) is 29.1 Å². The molecule has 0 aliphatic rings. The number of thioether (sulfide) groups is 1. The lowest BCUT2D eigenvalue weighted by molar-refractivity contribution is -0.121. The highest BCUT2D eigenvalue weighted by Crippen LogP contribution is 2.24. The average molecular weight is 237 g/mol. The smallest absolute Gasteiger partial charge is 0.219 e. The number of hydrogen-bond donors (Lipinski definition) is 1. The first-order chi connectivity index (χ1) is 7.63. The van der Waals surface area contributed by atoms with Crippen molar-refractivity contribution in [2.45, 2.75) is 43.4 Å². The van der Waals surface area contributed by atoms with E-state index in [1.165, 1.54) is 4.90 Å². The van der Waals surface area contributed by atoms with Gasteiger partial charge < -0.3 is 5.32 Å². The lowest BCUT2D eigenvalue weighted by Gasteiger charge is -2.20. The van der Waals surface area contributed by atoms with Gasteiger partial charge in [-0.3, -0.25) is 4.79 Å². The molecule has 0 heterocycles. The molecule has 0 spiro atoms. The Morgan fingerprint density at radius 2 is 1.94 bits per heavy atom. The first kappa shape index (κ1) is 13.1. The summed E-state index contributed by atoms with van der Waals surface area (Å²) in [5.74, 6) is 0.119. The number of rotatable bonds is 5. The lowest BCUT2D eigenvalue weighted by atomic mass is 10.2. The van der Waals surface area contributed by atoms with Gasteiger partial charge in [0, 0.05) is 22.6 Å². The van der Waals surface area contributed by atoms with Crippen LogP contribution in [0.5, 0.6) is 0 Å². The molecule has 2 atom stereocenters. The Morgan fingerprint density at radius 1 is 1.31 bits per heavy atom. The van der Waals surface area contributed by atoms with Crippen molar-refractivity contribution < 1.29 is 4.79 Å². The van der Waals surface area contributed by atoms with Crippen LogP contribution in [0.2, 0.25) is 0 Å². The van der Waals surface area contributed by atoms with Crippen LogP contribution in [0.25, 0.3) is 0 Å². The molecule has 3 heteroatoms. The number of amides is 1. The second kappa shape index (κ2) is 6.59. The third kappa shape index (κ3) is 4.27.